The second-order valence-electron chi connectivity index (χ2n) is 4.05. The third kappa shape index (κ3) is 5.60. The van der Waals surface area contributed by atoms with Crippen molar-refractivity contribution in [3.05, 3.63) is 5.92 Å². The van der Waals surface area contributed by atoms with Gasteiger partial charge in [0.1, 0.15) is 0 Å². The standard InChI is InChI=1S/C10H19O3S/c11-14(12,13)9-5-4-8-10-6-2-1-3-7-10/h1-9H2,(H,11,12,13). The molecule has 83 valence electrons. The zero-order valence-electron chi connectivity index (χ0n) is 8.54. The van der Waals surface area contributed by atoms with E-state index in [0.29, 0.717) is 6.42 Å². The lowest BCUT2D eigenvalue weighted by Crippen LogP contribution is -2.06. The van der Waals surface area contributed by atoms with Crippen molar-refractivity contribution in [1.82, 2.24) is 0 Å². The van der Waals surface area contributed by atoms with Gasteiger partial charge in [-0.25, -0.2) is 0 Å². The van der Waals surface area contributed by atoms with Gasteiger partial charge in [-0.15, -0.1) is 0 Å². The molecule has 1 aliphatic carbocycles. The number of hydrogen-bond acceptors (Lipinski definition) is 2. The number of hydrogen-bond donors (Lipinski definition) is 1. The van der Waals surface area contributed by atoms with Gasteiger partial charge < -0.3 is 0 Å². The Bertz CT molecular complexity index is 240. The fraction of sp³-hybridized carbons (Fsp3) is 0.900. The Hall–Kier alpha value is -0.0900. The van der Waals surface area contributed by atoms with Gasteiger partial charge in [-0.2, -0.15) is 8.42 Å². The van der Waals surface area contributed by atoms with Crippen molar-refractivity contribution in [1.29, 1.82) is 0 Å². The van der Waals surface area contributed by atoms with Gasteiger partial charge in [0.05, 0.1) is 5.75 Å². The molecule has 1 saturated carbocycles. The molecular weight excluding hydrogens is 200 g/mol. The smallest absolute Gasteiger partial charge is 0.264 e. The Morgan fingerprint density at radius 1 is 1.07 bits per heavy atom. The summed E-state index contributed by atoms with van der Waals surface area (Å²) in [4.78, 5) is 0. The molecule has 0 heterocycles. The molecule has 1 rings (SSSR count). The van der Waals surface area contributed by atoms with Gasteiger partial charge in [0.2, 0.25) is 0 Å². The minimum atomic E-state index is -3.74. The summed E-state index contributed by atoms with van der Waals surface area (Å²) in [7, 11) is -3.74. The molecule has 0 aromatic rings. The molecule has 0 amide bonds. The summed E-state index contributed by atoms with van der Waals surface area (Å²) in [6.07, 6.45) is 8.93. The molecule has 0 unspecified atom stereocenters. The van der Waals surface area contributed by atoms with Gasteiger partial charge in [0, 0.05) is 0 Å². The van der Waals surface area contributed by atoms with Crippen molar-refractivity contribution in [3.63, 3.8) is 0 Å². The van der Waals surface area contributed by atoms with Crippen molar-refractivity contribution < 1.29 is 13.0 Å². The van der Waals surface area contributed by atoms with Crippen LogP contribution in [0.5, 0.6) is 0 Å². The first-order valence-electron chi connectivity index (χ1n) is 5.37. The summed E-state index contributed by atoms with van der Waals surface area (Å²) in [6, 6.07) is 0. The number of unbranched alkanes of at least 4 members (excludes halogenated alkanes) is 1. The van der Waals surface area contributed by atoms with Crippen molar-refractivity contribution in [3.8, 4) is 0 Å². The molecular formula is C10H19O3S. The lowest BCUT2D eigenvalue weighted by Gasteiger charge is -2.20. The van der Waals surface area contributed by atoms with Crippen LogP contribution < -0.4 is 0 Å². The second kappa shape index (κ2) is 5.71. The van der Waals surface area contributed by atoms with Crippen LogP contribution in [0, 0.1) is 5.92 Å². The maximum Gasteiger partial charge on any atom is 0.264 e. The molecule has 0 aliphatic heterocycles. The average molecular weight is 219 g/mol. The summed E-state index contributed by atoms with van der Waals surface area (Å²) < 4.78 is 29.4. The maximum atomic E-state index is 10.4. The molecule has 0 atom stereocenters. The van der Waals surface area contributed by atoms with Gasteiger partial charge in [-0.3, -0.25) is 4.55 Å². The van der Waals surface area contributed by atoms with Crippen LogP contribution in [0.25, 0.3) is 0 Å². The molecule has 0 saturated heterocycles. The predicted molar refractivity (Wildman–Crippen MR) is 56.6 cm³/mol. The van der Waals surface area contributed by atoms with E-state index in [4.69, 9.17) is 4.55 Å². The first-order chi connectivity index (χ1) is 6.58. The summed E-state index contributed by atoms with van der Waals surface area (Å²) >= 11 is 0. The van der Waals surface area contributed by atoms with Crippen LogP contribution >= 0.6 is 0 Å². The molecule has 14 heavy (non-hydrogen) atoms. The van der Waals surface area contributed by atoms with Crippen LogP contribution in [0.2, 0.25) is 0 Å². The first-order valence-corrected chi connectivity index (χ1v) is 6.97. The lowest BCUT2D eigenvalue weighted by molar-refractivity contribution is 0.473. The lowest BCUT2D eigenvalue weighted by atomic mass is 9.86. The average Bonchev–Trinajstić information content (AvgIpc) is 2.13. The van der Waals surface area contributed by atoms with E-state index in [2.05, 4.69) is 0 Å². The Labute approximate surface area is 86.6 Å². The molecule has 1 aliphatic rings. The molecule has 4 heteroatoms. The minimum Gasteiger partial charge on any atom is -0.286 e. The van der Waals surface area contributed by atoms with Crippen molar-refractivity contribution in [2.45, 2.75) is 51.4 Å². The highest BCUT2D eigenvalue weighted by Gasteiger charge is 2.13. The van der Waals surface area contributed by atoms with Gasteiger partial charge >= 0.3 is 0 Å². The normalized spacial score (nSPS) is 19.8. The van der Waals surface area contributed by atoms with Crippen LogP contribution in [-0.4, -0.2) is 18.7 Å². The molecule has 1 N–H and O–H groups in total. The van der Waals surface area contributed by atoms with E-state index in [-0.39, 0.29) is 5.75 Å². The van der Waals surface area contributed by atoms with Crippen LogP contribution in [0.1, 0.15) is 51.4 Å². The van der Waals surface area contributed by atoms with E-state index in [1.165, 1.54) is 32.1 Å². The van der Waals surface area contributed by atoms with Gasteiger partial charge in [0.25, 0.3) is 10.1 Å². The molecule has 1 radical (unpaired) electrons. The number of rotatable bonds is 5. The van der Waals surface area contributed by atoms with Gasteiger partial charge in [0.15, 0.2) is 0 Å². The Kier molecular flexibility index (Phi) is 4.89. The van der Waals surface area contributed by atoms with Crippen LogP contribution in [0.15, 0.2) is 0 Å². The zero-order valence-corrected chi connectivity index (χ0v) is 9.35. The summed E-state index contributed by atoms with van der Waals surface area (Å²) in [6.45, 7) is 0. The SMILES string of the molecule is O=S(=O)(O)CCCC[C]1CCCCC1. The van der Waals surface area contributed by atoms with Crippen LogP contribution in [0.3, 0.4) is 0 Å². The van der Waals surface area contributed by atoms with E-state index in [0.717, 1.165) is 12.8 Å². The Morgan fingerprint density at radius 3 is 2.29 bits per heavy atom. The zero-order chi connectivity index (χ0) is 10.4. The third-order valence-corrected chi connectivity index (χ3v) is 3.55. The van der Waals surface area contributed by atoms with E-state index in [1.807, 2.05) is 0 Å². The van der Waals surface area contributed by atoms with E-state index < -0.39 is 10.1 Å². The minimum absolute atomic E-state index is 0.0831. The fourth-order valence-corrected chi connectivity index (χ4v) is 2.53. The van der Waals surface area contributed by atoms with Crippen molar-refractivity contribution >= 4 is 10.1 Å². The van der Waals surface area contributed by atoms with Crippen molar-refractivity contribution in [2.75, 3.05) is 5.75 Å². The maximum absolute atomic E-state index is 10.4. The van der Waals surface area contributed by atoms with Crippen LogP contribution in [0.4, 0.5) is 0 Å². The molecule has 0 spiro atoms. The third-order valence-electron chi connectivity index (χ3n) is 2.74. The topological polar surface area (TPSA) is 54.4 Å². The fourth-order valence-electron chi connectivity index (χ4n) is 1.96. The largest absolute Gasteiger partial charge is 0.286 e. The van der Waals surface area contributed by atoms with Crippen molar-refractivity contribution in [2.24, 2.45) is 0 Å². The predicted octanol–water partition coefficient (Wildman–Crippen LogP) is 2.58. The Morgan fingerprint density at radius 2 is 1.71 bits per heavy atom. The summed E-state index contributed by atoms with van der Waals surface area (Å²) in [5.74, 6) is 1.51. The summed E-state index contributed by atoms with van der Waals surface area (Å²) in [5, 5.41) is 0. The second-order valence-corrected chi connectivity index (χ2v) is 5.63. The molecule has 1 fully saturated rings. The molecule has 0 aromatic carbocycles. The highest BCUT2D eigenvalue weighted by molar-refractivity contribution is 7.85. The quantitative estimate of drug-likeness (QED) is 0.571. The van der Waals surface area contributed by atoms with Gasteiger partial charge in [-0.1, -0.05) is 25.7 Å². The van der Waals surface area contributed by atoms with Gasteiger partial charge in [-0.05, 0) is 31.6 Å². The highest BCUT2D eigenvalue weighted by atomic mass is 32.2. The van der Waals surface area contributed by atoms with Crippen LogP contribution in [-0.2, 0) is 10.1 Å². The highest BCUT2D eigenvalue weighted by Crippen LogP contribution is 2.29. The van der Waals surface area contributed by atoms with E-state index in [9.17, 15) is 8.42 Å². The van der Waals surface area contributed by atoms with E-state index >= 15 is 0 Å². The Balaban J connectivity index is 2.03. The summed E-state index contributed by atoms with van der Waals surface area (Å²) in [5.41, 5.74) is 0. The molecule has 0 aromatic heterocycles. The molecule has 0 bridgehead atoms. The van der Waals surface area contributed by atoms with E-state index in [1.54, 1.807) is 5.92 Å². The monoisotopic (exact) mass is 219 g/mol. The molecule has 3 nitrogen and oxygen atoms in total. The first kappa shape index (κ1) is 12.0.